The van der Waals surface area contributed by atoms with Gasteiger partial charge in [0.25, 0.3) is 0 Å². The number of rotatable bonds is 4. The predicted molar refractivity (Wildman–Crippen MR) is 103 cm³/mol. The van der Waals surface area contributed by atoms with Crippen LogP contribution >= 0.6 is 0 Å². The smallest absolute Gasteiger partial charge is 0.181 e. The highest BCUT2D eigenvalue weighted by molar-refractivity contribution is 5.79. The van der Waals surface area contributed by atoms with E-state index in [9.17, 15) is 0 Å². The Morgan fingerprint density at radius 2 is 1.70 bits per heavy atom. The SMILES string of the molecule is CCn1c(-c2nccn2-c2cccc(-n3cnnc3)c2)nc2ccccc21. The van der Waals surface area contributed by atoms with Gasteiger partial charge in [-0.15, -0.1) is 10.2 Å². The van der Waals surface area contributed by atoms with Crippen LogP contribution < -0.4 is 0 Å². The molecule has 27 heavy (non-hydrogen) atoms. The minimum absolute atomic E-state index is 0.814. The summed E-state index contributed by atoms with van der Waals surface area (Å²) >= 11 is 0. The number of aryl methyl sites for hydroxylation is 1. The van der Waals surface area contributed by atoms with E-state index in [0.29, 0.717) is 0 Å². The molecular formula is C20H17N7. The van der Waals surface area contributed by atoms with Crippen LogP contribution in [-0.2, 0) is 6.54 Å². The number of para-hydroxylation sites is 2. The van der Waals surface area contributed by atoms with E-state index in [0.717, 1.165) is 40.6 Å². The fourth-order valence-electron chi connectivity index (χ4n) is 3.38. The van der Waals surface area contributed by atoms with Crippen LogP contribution in [0.15, 0.2) is 73.6 Å². The average molecular weight is 355 g/mol. The Bertz CT molecular complexity index is 1210. The second kappa shape index (κ2) is 6.21. The first-order valence-corrected chi connectivity index (χ1v) is 8.79. The van der Waals surface area contributed by atoms with E-state index in [1.807, 2.05) is 41.1 Å². The molecule has 5 aromatic rings. The second-order valence-electron chi connectivity index (χ2n) is 6.18. The highest BCUT2D eigenvalue weighted by Crippen LogP contribution is 2.26. The summed E-state index contributed by atoms with van der Waals surface area (Å²) in [6.07, 6.45) is 7.13. The van der Waals surface area contributed by atoms with Crippen molar-refractivity contribution in [2.75, 3.05) is 0 Å². The lowest BCUT2D eigenvalue weighted by atomic mass is 10.2. The largest absolute Gasteiger partial charge is 0.322 e. The van der Waals surface area contributed by atoms with Gasteiger partial charge in [0.15, 0.2) is 11.6 Å². The van der Waals surface area contributed by atoms with Crippen LogP contribution in [0.5, 0.6) is 0 Å². The maximum atomic E-state index is 4.84. The average Bonchev–Trinajstić information content (AvgIpc) is 3.46. The van der Waals surface area contributed by atoms with Crippen LogP contribution in [0.4, 0.5) is 0 Å². The molecule has 132 valence electrons. The number of nitrogens with zero attached hydrogens (tertiary/aromatic N) is 7. The van der Waals surface area contributed by atoms with E-state index in [1.54, 1.807) is 18.9 Å². The van der Waals surface area contributed by atoms with Gasteiger partial charge in [-0.2, -0.15) is 0 Å². The van der Waals surface area contributed by atoms with E-state index >= 15 is 0 Å². The van der Waals surface area contributed by atoms with Crippen molar-refractivity contribution in [2.45, 2.75) is 13.5 Å². The number of aromatic nitrogens is 7. The highest BCUT2D eigenvalue weighted by Gasteiger charge is 2.16. The maximum Gasteiger partial charge on any atom is 0.181 e. The molecule has 0 atom stereocenters. The summed E-state index contributed by atoms with van der Waals surface area (Å²) in [5.41, 5.74) is 4.08. The van der Waals surface area contributed by atoms with E-state index in [2.05, 4.69) is 49.4 Å². The topological polar surface area (TPSA) is 66.3 Å². The van der Waals surface area contributed by atoms with Crippen molar-refractivity contribution in [3.05, 3.63) is 73.6 Å². The number of imidazole rings is 2. The van der Waals surface area contributed by atoms with Gasteiger partial charge in [-0.25, -0.2) is 9.97 Å². The van der Waals surface area contributed by atoms with Crippen LogP contribution in [0.3, 0.4) is 0 Å². The summed E-state index contributed by atoms with van der Waals surface area (Å²) in [5, 5.41) is 7.77. The van der Waals surface area contributed by atoms with Crippen LogP contribution in [0, 0.1) is 0 Å². The molecule has 0 spiro atoms. The van der Waals surface area contributed by atoms with Crippen LogP contribution in [0.1, 0.15) is 6.92 Å². The van der Waals surface area contributed by atoms with Gasteiger partial charge in [0.1, 0.15) is 12.7 Å². The van der Waals surface area contributed by atoms with E-state index in [-0.39, 0.29) is 0 Å². The third-order valence-electron chi connectivity index (χ3n) is 4.64. The fraction of sp³-hybridized carbons (Fsp3) is 0.100. The minimum atomic E-state index is 0.814. The lowest BCUT2D eigenvalue weighted by Crippen LogP contribution is -2.04. The Labute approximate surface area is 155 Å². The van der Waals surface area contributed by atoms with Gasteiger partial charge >= 0.3 is 0 Å². The lowest BCUT2D eigenvalue weighted by molar-refractivity contribution is 0.786. The van der Waals surface area contributed by atoms with Crippen molar-refractivity contribution in [2.24, 2.45) is 0 Å². The monoisotopic (exact) mass is 355 g/mol. The molecule has 0 saturated carbocycles. The van der Waals surface area contributed by atoms with Gasteiger partial charge in [0.2, 0.25) is 0 Å². The van der Waals surface area contributed by atoms with Crippen molar-refractivity contribution in [1.82, 2.24) is 33.9 Å². The third-order valence-corrected chi connectivity index (χ3v) is 4.64. The molecule has 0 N–H and O–H groups in total. The molecule has 0 saturated heterocycles. The molecule has 3 heterocycles. The number of fused-ring (bicyclic) bond motifs is 1. The molecule has 0 amide bonds. The number of hydrogen-bond acceptors (Lipinski definition) is 4. The zero-order valence-electron chi connectivity index (χ0n) is 14.8. The molecular weight excluding hydrogens is 338 g/mol. The van der Waals surface area contributed by atoms with E-state index < -0.39 is 0 Å². The number of hydrogen-bond donors (Lipinski definition) is 0. The Morgan fingerprint density at radius 1 is 0.889 bits per heavy atom. The summed E-state index contributed by atoms with van der Waals surface area (Å²) in [6, 6.07) is 16.3. The second-order valence-corrected chi connectivity index (χ2v) is 6.18. The summed E-state index contributed by atoms with van der Waals surface area (Å²) in [5.74, 6) is 1.67. The van der Waals surface area contributed by atoms with Crippen molar-refractivity contribution in [3.63, 3.8) is 0 Å². The number of benzene rings is 2. The van der Waals surface area contributed by atoms with Crippen molar-refractivity contribution in [3.8, 4) is 23.0 Å². The molecule has 5 rings (SSSR count). The van der Waals surface area contributed by atoms with Crippen LogP contribution in [-0.4, -0.2) is 33.9 Å². The Hall–Kier alpha value is -3.74. The summed E-state index contributed by atoms with van der Waals surface area (Å²) in [4.78, 5) is 9.45. The fourth-order valence-corrected chi connectivity index (χ4v) is 3.38. The van der Waals surface area contributed by atoms with E-state index in [1.165, 1.54) is 0 Å². The molecule has 7 nitrogen and oxygen atoms in total. The summed E-state index contributed by atoms with van der Waals surface area (Å²) in [7, 11) is 0. The standard InChI is InChI=1S/C20H17N7/c1-2-26-18-9-4-3-8-17(18)24-20(26)19-21-10-11-27(19)16-7-5-6-15(12-16)25-13-22-23-14-25/h3-14H,2H2,1H3. The lowest BCUT2D eigenvalue weighted by Gasteiger charge is -2.11. The van der Waals surface area contributed by atoms with E-state index in [4.69, 9.17) is 4.98 Å². The van der Waals surface area contributed by atoms with Crippen molar-refractivity contribution >= 4 is 11.0 Å². The van der Waals surface area contributed by atoms with Gasteiger partial charge < -0.3 is 4.57 Å². The first-order chi connectivity index (χ1) is 13.3. The normalized spacial score (nSPS) is 11.3. The molecule has 2 aromatic carbocycles. The molecule has 0 aliphatic carbocycles. The molecule has 0 bridgehead atoms. The van der Waals surface area contributed by atoms with Crippen LogP contribution in [0.25, 0.3) is 34.1 Å². The zero-order chi connectivity index (χ0) is 18.2. The summed E-state index contributed by atoms with van der Waals surface area (Å²) in [6.45, 7) is 2.95. The Kier molecular flexibility index (Phi) is 3.57. The molecule has 0 radical (unpaired) electrons. The Balaban J connectivity index is 1.67. The predicted octanol–water partition coefficient (Wildman–Crippen LogP) is 3.49. The van der Waals surface area contributed by atoms with Crippen molar-refractivity contribution < 1.29 is 0 Å². The molecule has 7 heteroatoms. The van der Waals surface area contributed by atoms with Crippen LogP contribution in [0.2, 0.25) is 0 Å². The van der Waals surface area contributed by atoms with Crippen molar-refractivity contribution in [1.29, 1.82) is 0 Å². The first-order valence-electron chi connectivity index (χ1n) is 8.79. The van der Waals surface area contributed by atoms with Gasteiger partial charge in [-0.1, -0.05) is 18.2 Å². The van der Waals surface area contributed by atoms with Gasteiger partial charge in [-0.3, -0.25) is 9.13 Å². The van der Waals surface area contributed by atoms with Gasteiger partial charge in [0.05, 0.1) is 16.7 Å². The molecule has 0 aliphatic rings. The molecule has 3 aromatic heterocycles. The zero-order valence-corrected chi connectivity index (χ0v) is 14.8. The maximum absolute atomic E-state index is 4.84. The third kappa shape index (κ3) is 2.52. The molecule has 0 aliphatic heterocycles. The summed E-state index contributed by atoms with van der Waals surface area (Å²) < 4.78 is 6.13. The minimum Gasteiger partial charge on any atom is -0.322 e. The highest BCUT2D eigenvalue weighted by atomic mass is 15.2. The first kappa shape index (κ1) is 15.5. The van der Waals surface area contributed by atoms with Gasteiger partial charge in [-0.05, 0) is 37.3 Å². The Morgan fingerprint density at radius 3 is 2.56 bits per heavy atom. The molecule has 0 fully saturated rings. The van der Waals surface area contributed by atoms with Gasteiger partial charge in [0, 0.05) is 24.6 Å². The molecule has 0 unspecified atom stereocenters. The quantitative estimate of drug-likeness (QED) is 0.495.